The molecule has 0 heterocycles. The van der Waals surface area contributed by atoms with E-state index >= 15 is 0 Å². The third kappa shape index (κ3) is 15.1. The number of halogens is 2. The van der Waals surface area contributed by atoms with Gasteiger partial charge in [-0.05, 0) is 147 Å². The standard InChI is InChI=1S/C51H60Br2O6/c1-3-54-33-13-9-17-37-58-45-25-21-43(22-26-45)56-35-15-7-5-11-31-51(49-39-41(52)19-29-47(49)48-30-20-42(53)40-50(48)51)32-12-6-8-16-36-57-44-23-27-46(28-24-44)59-38-18-10-14-34-55-4-2/h19-30,39-40H,3-12,15-18,31-32,35-38H2,1-2H3. The highest BCUT2D eigenvalue weighted by atomic mass is 79.9. The first kappa shape index (κ1) is 45.8. The molecule has 0 fully saturated rings. The summed E-state index contributed by atoms with van der Waals surface area (Å²) in [6.45, 7) is 7.79. The van der Waals surface area contributed by atoms with Gasteiger partial charge in [-0.25, -0.2) is 0 Å². The highest BCUT2D eigenvalue weighted by molar-refractivity contribution is 9.10. The van der Waals surface area contributed by atoms with Gasteiger partial charge in [-0.3, -0.25) is 0 Å². The average Bonchev–Trinajstić information content (AvgIpc) is 3.50. The first-order valence-electron chi connectivity index (χ1n) is 21.5. The number of benzene rings is 4. The van der Waals surface area contributed by atoms with Gasteiger partial charge in [0.15, 0.2) is 0 Å². The maximum atomic E-state index is 6.09. The molecule has 0 saturated carbocycles. The summed E-state index contributed by atoms with van der Waals surface area (Å²) in [4.78, 5) is 0. The second-order valence-corrected chi connectivity index (χ2v) is 16.6. The predicted octanol–water partition coefficient (Wildman–Crippen LogP) is 13.8. The third-order valence-electron chi connectivity index (χ3n) is 10.5. The van der Waals surface area contributed by atoms with Crippen molar-refractivity contribution in [3.05, 3.63) is 105 Å². The lowest BCUT2D eigenvalue weighted by Crippen LogP contribution is -2.25. The first-order valence-corrected chi connectivity index (χ1v) is 23.1. The number of unbranched alkanes of at least 4 members (excludes halogenated alkanes) is 8. The Morgan fingerprint density at radius 3 is 1.17 bits per heavy atom. The SMILES string of the molecule is CCOC#CCCCOc1ccc(OCCCCCCC2(CCCCCCOc3ccc(OCCCC#COCC)cc3)c3cc(Br)ccc3-c3ccc(Br)cc32)cc1. The van der Waals surface area contributed by atoms with Gasteiger partial charge in [0.25, 0.3) is 0 Å². The summed E-state index contributed by atoms with van der Waals surface area (Å²) >= 11 is 7.64. The average molecular weight is 929 g/mol. The van der Waals surface area contributed by atoms with Gasteiger partial charge in [0.2, 0.25) is 0 Å². The van der Waals surface area contributed by atoms with Crippen molar-refractivity contribution in [3.8, 4) is 58.2 Å². The van der Waals surface area contributed by atoms with Gasteiger partial charge < -0.3 is 28.4 Å². The van der Waals surface area contributed by atoms with Crippen LogP contribution in [0.4, 0.5) is 0 Å². The molecule has 0 bridgehead atoms. The van der Waals surface area contributed by atoms with Crippen molar-refractivity contribution in [2.45, 2.75) is 109 Å². The van der Waals surface area contributed by atoms with E-state index in [2.05, 4.69) is 92.3 Å². The van der Waals surface area contributed by atoms with E-state index in [1.807, 2.05) is 62.4 Å². The normalized spacial score (nSPS) is 11.9. The molecule has 4 aromatic rings. The van der Waals surface area contributed by atoms with Crippen LogP contribution in [0.25, 0.3) is 11.1 Å². The number of ether oxygens (including phenoxy) is 6. The van der Waals surface area contributed by atoms with Crippen molar-refractivity contribution < 1.29 is 28.4 Å². The lowest BCUT2D eigenvalue weighted by Gasteiger charge is -2.33. The van der Waals surface area contributed by atoms with Crippen LogP contribution in [0.1, 0.15) is 115 Å². The van der Waals surface area contributed by atoms with E-state index in [1.165, 1.54) is 47.9 Å². The summed E-state index contributed by atoms with van der Waals surface area (Å²) in [6.07, 6.45) is 19.9. The van der Waals surface area contributed by atoms with Gasteiger partial charge >= 0.3 is 0 Å². The van der Waals surface area contributed by atoms with E-state index in [0.29, 0.717) is 39.6 Å². The van der Waals surface area contributed by atoms with Crippen LogP contribution in [0.5, 0.6) is 23.0 Å². The monoisotopic (exact) mass is 926 g/mol. The summed E-state index contributed by atoms with van der Waals surface area (Å²) < 4.78 is 36.3. The second-order valence-electron chi connectivity index (χ2n) is 14.8. The molecule has 0 aromatic heterocycles. The van der Waals surface area contributed by atoms with E-state index in [0.717, 1.165) is 96.2 Å². The molecule has 0 saturated heterocycles. The number of fused-ring (bicyclic) bond motifs is 3. The van der Waals surface area contributed by atoms with Crippen LogP contribution in [0.2, 0.25) is 0 Å². The molecule has 0 amide bonds. The number of rotatable bonds is 26. The molecule has 1 aliphatic rings. The van der Waals surface area contributed by atoms with Gasteiger partial charge in [0, 0.05) is 27.2 Å². The lowest BCUT2D eigenvalue weighted by molar-refractivity contribution is 0.294. The molecule has 0 spiro atoms. The van der Waals surface area contributed by atoms with Gasteiger partial charge in [-0.1, -0.05) is 94.4 Å². The summed E-state index contributed by atoms with van der Waals surface area (Å²) in [5.74, 6) is 9.45. The molecule has 0 N–H and O–H groups in total. The van der Waals surface area contributed by atoms with Crippen LogP contribution >= 0.6 is 31.9 Å². The Balaban J connectivity index is 1.05. The summed E-state index contributed by atoms with van der Waals surface area (Å²) in [5, 5.41) is 0. The molecule has 0 unspecified atom stereocenters. The number of hydrogen-bond acceptors (Lipinski definition) is 6. The Hall–Kier alpha value is -4.24. The van der Waals surface area contributed by atoms with Gasteiger partial charge in [0.05, 0.1) is 39.6 Å². The Labute approximate surface area is 370 Å². The minimum Gasteiger partial charge on any atom is -0.494 e. The molecular weight excluding hydrogens is 868 g/mol. The van der Waals surface area contributed by atoms with E-state index in [9.17, 15) is 0 Å². The van der Waals surface area contributed by atoms with Crippen LogP contribution in [0.3, 0.4) is 0 Å². The molecule has 1 aliphatic carbocycles. The molecule has 8 heteroatoms. The van der Waals surface area contributed by atoms with Crippen molar-refractivity contribution in [2.24, 2.45) is 0 Å². The molecule has 314 valence electrons. The van der Waals surface area contributed by atoms with Crippen molar-refractivity contribution in [3.63, 3.8) is 0 Å². The van der Waals surface area contributed by atoms with Gasteiger partial charge in [0.1, 0.15) is 35.2 Å². The number of hydrogen-bond donors (Lipinski definition) is 0. The van der Waals surface area contributed by atoms with Crippen LogP contribution in [-0.2, 0) is 14.9 Å². The zero-order valence-corrected chi connectivity index (χ0v) is 38.1. The fourth-order valence-corrected chi connectivity index (χ4v) is 8.28. The fraction of sp³-hybridized carbons (Fsp3) is 0.451. The van der Waals surface area contributed by atoms with Crippen molar-refractivity contribution in [1.82, 2.24) is 0 Å². The lowest BCUT2D eigenvalue weighted by atomic mass is 9.70. The quantitative estimate of drug-likeness (QED) is 0.0462. The Morgan fingerprint density at radius 1 is 0.441 bits per heavy atom. The Kier molecular flexibility index (Phi) is 20.3. The fourth-order valence-electron chi connectivity index (χ4n) is 7.56. The molecule has 0 atom stereocenters. The smallest absolute Gasteiger partial charge is 0.119 e. The van der Waals surface area contributed by atoms with Crippen LogP contribution < -0.4 is 18.9 Å². The van der Waals surface area contributed by atoms with E-state index in [4.69, 9.17) is 28.4 Å². The van der Waals surface area contributed by atoms with Gasteiger partial charge in [-0.2, -0.15) is 0 Å². The Morgan fingerprint density at radius 2 is 0.797 bits per heavy atom. The van der Waals surface area contributed by atoms with E-state index < -0.39 is 0 Å². The molecule has 59 heavy (non-hydrogen) atoms. The van der Waals surface area contributed by atoms with Crippen LogP contribution in [0, 0.1) is 24.1 Å². The molecule has 5 rings (SSSR count). The topological polar surface area (TPSA) is 55.4 Å². The van der Waals surface area contributed by atoms with Gasteiger partial charge in [-0.15, -0.1) is 0 Å². The first-order chi connectivity index (χ1) is 29.0. The summed E-state index contributed by atoms with van der Waals surface area (Å²) in [6, 6.07) is 29.6. The zero-order chi connectivity index (χ0) is 41.4. The van der Waals surface area contributed by atoms with E-state index in [1.54, 1.807) is 0 Å². The minimum absolute atomic E-state index is 0.00734. The molecule has 4 aromatic carbocycles. The Bertz CT molecular complexity index is 1810. The van der Waals surface area contributed by atoms with E-state index in [-0.39, 0.29) is 5.41 Å². The molecule has 0 radical (unpaired) electrons. The summed E-state index contributed by atoms with van der Waals surface area (Å²) in [5.41, 5.74) is 5.69. The highest BCUT2D eigenvalue weighted by Gasteiger charge is 2.42. The molecule has 0 aliphatic heterocycles. The largest absolute Gasteiger partial charge is 0.494 e. The third-order valence-corrected chi connectivity index (χ3v) is 11.5. The van der Waals surface area contributed by atoms with Crippen molar-refractivity contribution in [1.29, 1.82) is 0 Å². The maximum Gasteiger partial charge on any atom is 0.119 e. The minimum atomic E-state index is -0.00734. The van der Waals surface area contributed by atoms with Crippen molar-refractivity contribution in [2.75, 3.05) is 39.6 Å². The second kappa shape index (κ2) is 26.1. The highest BCUT2D eigenvalue weighted by Crippen LogP contribution is 2.55. The van der Waals surface area contributed by atoms with Crippen molar-refractivity contribution >= 4 is 31.9 Å². The van der Waals surface area contributed by atoms with Crippen LogP contribution in [0.15, 0.2) is 93.9 Å². The van der Waals surface area contributed by atoms with Crippen LogP contribution in [-0.4, -0.2) is 39.6 Å². The molecule has 6 nitrogen and oxygen atoms in total. The predicted molar refractivity (Wildman–Crippen MR) is 246 cm³/mol. The maximum absolute atomic E-state index is 6.09. The molecular formula is C51H60Br2O6. The zero-order valence-electron chi connectivity index (χ0n) is 34.9. The summed E-state index contributed by atoms with van der Waals surface area (Å²) in [7, 11) is 0.